The van der Waals surface area contributed by atoms with E-state index in [0.717, 1.165) is 11.4 Å². The van der Waals surface area contributed by atoms with E-state index < -0.39 is 0 Å². The van der Waals surface area contributed by atoms with Gasteiger partial charge in [-0.05, 0) is 37.5 Å². The van der Waals surface area contributed by atoms with Crippen LogP contribution in [-0.4, -0.2) is 32.2 Å². The number of hydrogen-bond donors (Lipinski definition) is 1. The van der Waals surface area contributed by atoms with E-state index in [2.05, 4.69) is 53.6 Å². The van der Waals surface area contributed by atoms with Gasteiger partial charge in [-0.2, -0.15) is 0 Å². The molecule has 2 aromatic carbocycles. The number of nitrogens with one attached hydrogen (secondary N) is 1. The van der Waals surface area contributed by atoms with E-state index >= 15 is 0 Å². The normalized spacial score (nSPS) is 11.0. The molecule has 6 nitrogen and oxygen atoms in total. The van der Waals surface area contributed by atoms with Gasteiger partial charge in [-0.15, -0.1) is 10.2 Å². The average molecular weight is 423 g/mol. The fourth-order valence-electron chi connectivity index (χ4n) is 3.05. The van der Waals surface area contributed by atoms with Gasteiger partial charge in [0, 0.05) is 23.4 Å². The van der Waals surface area contributed by atoms with Crippen molar-refractivity contribution in [2.45, 2.75) is 45.3 Å². The second kappa shape index (κ2) is 9.71. The predicted molar refractivity (Wildman–Crippen MR) is 121 cm³/mol. The summed E-state index contributed by atoms with van der Waals surface area (Å²) in [5.41, 5.74) is 3.46. The van der Waals surface area contributed by atoms with E-state index in [1.54, 1.807) is 24.3 Å². The lowest BCUT2D eigenvalue weighted by molar-refractivity contribution is -0.113. The lowest BCUT2D eigenvalue weighted by Gasteiger charge is -2.09. The first kappa shape index (κ1) is 21.8. The van der Waals surface area contributed by atoms with Crippen LogP contribution in [0.25, 0.3) is 11.4 Å². The van der Waals surface area contributed by atoms with E-state index in [4.69, 9.17) is 0 Å². The maximum absolute atomic E-state index is 12.4. The lowest BCUT2D eigenvalue weighted by Crippen LogP contribution is -2.15. The van der Waals surface area contributed by atoms with Gasteiger partial charge in [-0.3, -0.25) is 9.59 Å². The van der Waals surface area contributed by atoms with Crippen molar-refractivity contribution in [3.8, 4) is 11.4 Å². The molecule has 1 amide bonds. The largest absolute Gasteiger partial charge is 0.325 e. The molecule has 0 saturated carbocycles. The Bertz CT molecular complexity index is 1040. The minimum absolute atomic E-state index is 0.0366. The van der Waals surface area contributed by atoms with Gasteiger partial charge in [-0.1, -0.05) is 62.0 Å². The molecule has 0 aliphatic rings. The van der Waals surface area contributed by atoms with Crippen LogP contribution in [-0.2, 0) is 11.3 Å². The van der Waals surface area contributed by atoms with Crippen LogP contribution >= 0.6 is 11.8 Å². The number of thioether (sulfide) groups is 1. The van der Waals surface area contributed by atoms with Gasteiger partial charge in [0.05, 0.1) is 5.75 Å². The van der Waals surface area contributed by atoms with Crippen LogP contribution in [0.3, 0.4) is 0 Å². The Labute approximate surface area is 181 Å². The van der Waals surface area contributed by atoms with Crippen LogP contribution in [0.5, 0.6) is 0 Å². The SMILES string of the molecule is CCn1c(SCC(=O)Nc2cccc(C(C)=O)c2)nnc1-c1ccc(C(C)C)cc1. The van der Waals surface area contributed by atoms with E-state index in [1.807, 2.05) is 11.5 Å². The van der Waals surface area contributed by atoms with E-state index in [9.17, 15) is 9.59 Å². The highest BCUT2D eigenvalue weighted by atomic mass is 32.2. The summed E-state index contributed by atoms with van der Waals surface area (Å²) >= 11 is 1.34. The minimum Gasteiger partial charge on any atom is -0.325 e. The molecule has 30 heavy (non-hydrogen) atoms. The summed E-state index contributed by atoms with van der Waals surface area (Å²) in [7, 11) is 0. The van der Waals surface area contributed by atoms with Crippen LogP contribution in [0.4, 0.5) is 5.69 Å². The molecule has 1 aromatic heterocycles. The molecule has 7 heteroatoms. The summed E-state index contributed by atoms with van der Waals surface area (Å²) < 4.78 is 2.01. The number of carbonyl (C=O) groups is 2. The van der Waals surface area contributed by atoms with Gasteiger partial charge >= 0.3 is 0 Å². The number of rotatable bonds is 8. The third-order valence-corrected chi connectivity index (χ3v) is 5.72. The van der Waals surface area contributed by atoms with Crippen molar-refractivity contribution in [3.05, 3.63) is 59.7 Å². The molecule has 0 fully saturated rings. The van der Waals surface area contributed by atoms with E-state index in [-0.39, 0.29) is 17.4 Å². The van der Waals surface area contributed by atoms with Gasteiger partial charge in [0.2, 0.25) is 5.91 Å². The molecule has 0 aliphatic carbocycles. The van der Waals surface area contributed by atoms with Gasteiger partial charge in [0.25, 0.3) is 0 Å². The zero-order valence-corrected chi connectivity index (χ0v) is 18.5. The average Bonchev–Trinajstić information content (AvgIpc) is 3.15. The minimum atomic E-state index is -0.158. The molecule has 0 unspecified atom stereocenters. The summed E-state index contributed by atoms with van der Waals surface area (Å²) in [4.78, 5) is 23.9. The van der Waals surface area contributed by atoms with Crippen LogP contribution in [0.15, 0.2) is 53.7 Å². The Morgan fingerprint density at radius 1 is 1.10 bits per heavy atom. The molecule has 1 N–H and O–H groups in total. The molecular formula is C23H26N4O2S. The first-order valence-corrected chi connectivity index (χ1v) is 10.9. The second-order valence-electron chi connectivity index (χ2n) is 7.30. The third-order valence-electron chi connectivity index (χ3n) is 4.75. The first-order chi connectivity index (χ1) is 14.4. The lowest BCUT2D eigenvalue weighted by atomic mass is 10.0. The number of aromatic nitrogens is 3. The number of hydrogen-bond acceptors (Lipinski definition) is 5. The molecule has 1 heterocycles. The molecule has 0 bridgehead atoms. The Morgan fingerprint density at radius 3 is 2.47 bits per heavy atom. The summed E-state index contributed by atoms with van der Waals surface area (Å²) in [6.45, 7) is 8.58. The fraction of sp³-hybridized carbons (Fsp3) is 0.304. The standard InChI is InChI=1S/C23H26N4O2S/c1-5-27-22(18-11-9-17(10-12-18)15(2)3)25-26-23(27)30-14-21(29)24-20-8-6-7-19(13-20)16(4)28/h6-13,15H,5,14H2,1-4H3,(H,24,29). The van der Waals surface area contributed by atoms with Crippen LogP contribution in [0.1, 0.15) is 49.5 Å². The summed E-state index contributed by atoms with van der Waals surface area (Å²) in [6, 6.07) is 15.3. The summed E-state index contributed by atoms with van der Waals surface area (Å²) in [6.07, 6.45) is 0. The molecule has 0 atom stereocenters. The van der Waals surface area contributed by atoms with Crippen LogP contribution < -0.4 is 5.32 Å². The number of carbonyl (C=O) groups excluding carboxylic acids is 2. The zero-order chi connectivity index (χ0) is 21.7. The molecule has 0 spiro atoms. The van der Waals surface area contributed by atoms with Crippen LogP contribution in [0.2, 0.25) is 0 Å². The summed E-state index contributed by atoms with van der Waals surface area (Å²) in [5.74, 6) is 1.28. The maximum Gasteiger partial charge on any atom is 0.234 e. The zero-order valence-electron chi connectivity index (χ0n) is 17.7. The van der Waals surface area contributed by atoms with Crippen molar-refractivity contribution in [2.24, 2.45) is 0 Å². The Balaban J connectivity index is 1.68. The molecular weight excluding hydrogens is 396 g/mol. The molecule has 3 rings (SSSR count). The van der Waals surface area contributed by atoms with Crippen molar-refractivity contribution in [2.75, 3.05) is 11.1 Å². The monoisotopic (exact) mass is 422 g/mol. The number of benzene rings is 2. The van der Waals surface area contributed by atoms with Crippen molar-refractivity contribution in [1.29, 1.82) is 0 Å². The number of ketones is 1. The quantitative estimate of drug-likeness (QED) is 0.407. The first-order valence-electron chi connectivity index (χ1n) is 9.96. The molecule has 0 radical (unpaired) electrons. The third kappa shape index (κ3) is 5.16. The van der Waals surface area contributed by atoms with Crippen molar-refractivity contribution >= 4 is 29.1 Å². The van der Waals surface area contributed by atoms with Crippen LogP contribution in [0, 0.1) is 0 Å². The number of amides is 1. The smallest absolute Gasteiger partial charge is 0.234 e. The highest BCUT2D eigenvalue weighted by Crippen LogP contribution is 2.26. The topological polar surface area (TPSA) is 76.9 Å². The van der Waals surface area contributed by atoms with Gasteiger partial charge < -0.3 is 9.88 Å². The Hall–Kier alpha value is -2.93. The molecule has 0 aliphatic heterocycles. The van der Waals surface area contributed by atoms with Gasteiger partial charge in [-0.25, -0.2) is 0 Å². The number of Topliss-reactive ketones (excluding diaryl/α,β-unsaturated/α-hetero) is 1. The number of nitrogens with zero attached hydrogens (tertiary/aromatic N) is 3. The predicted octanol–water partition coefficient (Wildman–Crippen LogP) is 5.02. The Morgan fingerprint density at radius 2 is 1.83 bits per heavy atom. The highest BCUT2D eigenvalue weighted by Gasteiger charge is 2.15. The van der Waals surface area contributed by atoms with Crippen molar-refractivity contribution in [1.82, 2.24) is 14.8 Å². The van der Waals surface area contributed by atoms with E-state index in [1.165, 1.54) is 24.2 Å². The molecule has 0 saturated heterocycles. The summed E-state index contributed by atoms with van der Waals surface area (Å²) in [5, 5.41) is 12.2. The Kier molecular flexibility index (Phi) is 7.05. The highest BCUT2D eigenvalue weighted by molar-refractivity contribution is 7.99. The fourth-order valence-corrected chi connectivity index (χ4v) is 3.86. The number of anilines is 1. The van der Waals surface area contributed by atoms with Crippen molar-refractivity contribution in [3.63, 3.8) is 0 Å². The van der Waals surface area contributed by atoms with E-state index in [0.29, 0.717) is 28.9 Å². The van der Waals surface area contributed by atoms with Gasteiger partial charge in [0.1, 0.15) is 0 Å². The maximum atomic E-state index is 12.4. The molecule has 3 aromatic rings. The van der Waals surface area contributed by atoms with Gasteiger partial charge in [0.15, 0.2) is 16.8 Å². The van der Waals surface area contributed by atoms with Crippen molar-refractivity contribution < 1.29 is 9.59 Å². The molecule has 156 valence electrons. The second-order valence-corrected chi connectivity index (χ2v) is 8.24.